The van der Waals surface area contributed by atoms with Gasteiger partial charge in [-0.3, -0.25) is 14.9 Å². The summed E-state index contributed by atoms with van der Waals surface area (Å²) in [6.45, 7) is -0.203. The van der Waals surface area contributed by atoms with E-state index in [9.17, 15) is 9.59 Å². The highest BCUT2D eigenvalue weighted by atomic mass is 32.1. The topological polar surface area (TPSA) is 103 Å². The van der Waals surface area contributed by atoms with Gasteiger partial charge in [0.25, 0.3) is 5.56 Å². The maximum absolute atomic E-state index is 12.1. The van der Waals surface area contributed by atoms with Gasteiger partial charge in [-0.2, -0.15) is 5.10 Å². The van der Waals surface area contributed by atoms with Gasteiger partial charge in [-0.15, -0.1) is 10.2 Å². The van der Waals surface area contributed by atoms with Crippen molar-refractivity contribution >= 4 is 22.4 Å². The van der Waals surface area contributed by atoms with Crippen LogP contribution in [-0.2, 0) is 11.3 Å². The maximum Gasteiger partial charge on any atom is 0.267 e. The first-order valence-corrected chi connectivity index (χ1v) is 8.26. The zero-order valence-electron chi connectivity index (χ0n) is 12.5. The molecule has 3 heterocycles. The highest BCUT2D eigenvalue weighted by molar-refractivity contribution is 7.15. The number of anilines is 1. The Labute approximate surface area is 140 Å². The van der Waals surface area contributed by atoms with Crippen LogP contribution < -0.4 is 10.9 Å². The van der Waals surface area contributed by atoms with E-state index in [0.29, 0.717) is 22.5 Å². The summed E-state index contributed by atoms with van der Waals surface area (Å²) in [5, 5.41) is 16.2. The first-order valence-electron chi connectivity index (χ1n) is 7.44. The van der Waals surface area contributed by atoms with Crippen LogP contribution in [0.15, 0.2) is 39.7 Å². The van der Waals surface area contributed by atoms with Crippen LogP contribution in [0.2, 0.25) is 0 Å². The van der Waals surface area contributed by atoms with E-state index in [1.807, 2.05) is 0 Å². The Bertz CT molecular complexity index is 927. The zero-order valence-corrected chi connectivity index (χ0v) is 13.3. The van der Waals surface area contributed by atoms with Crippen molar-refractivity contribution in [2.45, 2.75) is 25.3 Å². The van der Waals surface area contributed by atoms with Crippen molar-refractivity contribution in [2.24, 2.45) is 0 Å². The summed E-state index contributed by atoms with van der Waals surface area (Å²) < 4.78 is 6.34. The van der Waals surface area contributed by atoms with Gasteiger partial charge in [0.2, 0.25) is 11.0 Å². The molecule has 24 heavy (non-hydrogen) atoms. The summed E-state index contributed by atoms with van der Waals surface area (Å²) in [7, 11) is 0. The predicted molar refractivity (Wildman–Crippen MR) is 86.7 cm³/mol. The lowest BCUT2D eigenvalue weighted by atomic mass is 10.3. The van der Waals surface area contributed by atoms with Gasteiger partial charge >= 0.3 is 0 Å². The fraction of sp³-hybridized carbons (Fsp3) is 0.267. The molecule has 0 unspecified atom stereocenters. The second-order valence-electron chi connectivity index (χ2n) is 5.46. The van der Waals surface area contributed by atoms with Gasteiger partial charge in [0.15, 0.2) is 5.76 Å². The highest BCUT2D eigenvalue weighted by Gasteiger charge is 2.27. The fourth-order valence-corrected chi connectivity index (χ4v) is 3.12. The average molecular weight is 343 g/mol. The standard InChI is InChI=1S/C15H13N5O3S/c21-12(16-15-18-17-14(24-15)9-3-4-9)8-20-13(22)6-5-10(19-20)11-2-1-7-23-11/h1-2,5-7,9H,3-4,8H2,(H,16,18,21). The van der Waals surface area contributed by atoms with Crippen molar-refractivity contribution in [2.75, 3.05) is 5.32 Å². The molecule has 0 bridgehead atoms. The van der Waals surface area contributed by atoms with Crippen LogP contribution in [0.3, 0.4) is 0 Å². The molecule has 0 saturated heterocycles. The summed E-state index contributed by atoms with van der Waals surface area (Å²) in [6, 6.07) is 6.38. The van der Waals surface area contributed by atoms with E-state index in [-0.39, 0.29) is 18.0 Å². The Kier molecular flexibility index (Phi) is 3.69. The predicted octanol–water partition coefficient (Wildman–Crippen LogP) is 1.87. The van der Waals surface area contributed by atoms with E-state index in [4.69, 9.17) is 4.42 Å². The third kappa shape index (κ3) is 3.11. The Balaban J connectivity index is 1.48. The van der Waals surface area contributed by atoms with Crippen LogP contribution in [0.5, 0.6) is 0 Å². The van der Waals surface area contributed by atoms with Crippen LogP contribution in [-0.4, -0.2) is 25.9 Å². The largest absolute Gasteiger partial charge is 0.463 e. The van der Waals surface area contributed by atoms with E-state index in [1.54, 1.807) is 18.2 Å². The molecule has 8 nitrogen and oxygen atoms in total. The minimum atomic E-state index is -0.375. The first kappa shape index (κ1) is 14.8. The summed E-state index contributed by atoms with van der Waals surface area (Å²) in [4.78, 5) is 24.0. The molecular formula is C15H13N5O3S. The molecular weight excluding hydrogens is 330 g/mol. The number of nitrogens with zero attached hydrogens (tertiary/aromatic N) is 4. The van der Waals surface area contributed by atoms with Gasteiger partial charge in [-0.25, -0.2) is 4.68 Å². The molecule has 1 N–H and O–H groups in total. The number of hydrogen-bond acceptors (Lipinski definition) is 7. The zero-order chi connectivity index (χ0) is 16.5. The van der Waals surface area contributed by atoms with Crippen molar-refractivity contribution in [3.8, 4) is 11.5 Å². The smallest absolute Gasteiger partial charge is 0.267 e. The normalized spacial score (nSPS) is 13.8. The summed E-state index contributed by atoms with van der Waals surface area (Å²) in [5.74, 6) is 0.643. The lowest BCUT2D eigenvalue weighted by Crippen LogP contribution is -2.29. The number of nitrogens with one attached hydrogen (secondary N) is 1. The molecule has 9 heteroatoms. The molecule has 1 saturated carbocycles. The van der Waals surface area contributed by atoms with E-state index in [1.165, 1.54) is 23.7 Å². The van der Waals surface area contributed by atoms with Crippen LogP contribution in [0.25, 0.3) is 11.5 Å². The number of carbonyl (C=O) groups excluding carboxylic acids is 1. The van der Waals surface area contributed by atoms with Crippen LogP contribution in [0.1, 0.15) is 23.8 Å². The summed E-state index contributed by atoms with van der Waals surface area (Å²) >= 11 is 1.37. The molecule has 1 amide bonds. The molecule has 0 atom stereocenters. The second kappa shape index (κ2) is 6.00. The first-order chi connectivity index (χ1) is 11.7. The molecule has 0 aliphatic heterocycles. The molecule has 0 spiro atoms. The molecule has 0 radical (unpaired) electrons. The Morgan fingerprint density at radius 1 is 1.33 bits per heavy atom. The van der Waals surface area contributed by atoms with E-state index >= 15 is 0 Å². The Morgan fingerprint density at radius 2 is 2.21 bits per heavy atom. The van der Waals surface area contributed by atoms with Gasteiger partial charge in [0.1, 0.15) is 17.2 Å². The molecule has 4 rings (SSSR count). The Hall–Kier alpha value is -2.81. The molecule has 3 aromatic rings. The quantitative estimate of drug-likeness (QED) is 0.758. The number of amides is 1. The van der Waals surface area contributed by atoms with E-state index in [2.05, 4.69) is 20.6 Å². The van der Waals surface area contributed by atoms with Crippen LogP contribution in [0, 0.1) is 0 Å². The highest BCUT2D eigenvalue weighted by Crippen LogP contribution is 2.41. The maximum atomic E-state index is 12.1. The van der Waals surface area contributed by atoms with Gasteiger partial charge in [0, 0.05) is 12.0 Å². The van der Waals surface area contributed by atoms with E-state index < -0.39 is 0 Å². The average Bonchev–Trinajstić information content (AvgIpc) is 3.08. The van der Waals surface area contributed by atoms with Crippen molar-refractivity contribution < 1.29 is 9.21 Å². The minimum absolute atomic E-state index is 0.203. The number of hydrogen-bond donors (Lipinski definition) is 1. The van der Waals surface area contributed by atoms with Gasteiger partial charge < -0.3 is 4.42 Å². The molecule has 3 aromatic heterocycles. The van der Waals surface area contributed by atoms with Crippen molar-refractivity contribution in [3.63, 3.8) is 0 Å². The number of furan rings is 1. The molecule has 122 valence electrons. The third-order valence-electron chi connectivity index (χ3n) is 3.55. The van der Waals surface area contributed by atoms with Crippen LogP contribution >= 0.6 is 11.3 Å². The number of carbonyl (C=O) groups is 1. The molecule has 1 aliphatic rings. The minimum Gasteiger partial charge on any atom is -0.463 e. The van der Waals surface area contributed by atoms with E-state index in [0.717, 1.165) is 22.5 Å². The Morgan fingerprint density at radius 3 is 2.96 bits per heavy atom. The van der Waals surface area contributed by atoms with Gasteiger partial charge in [-0.1, -0.05) is 11.3 Å². The van der Waals surface area contributed by atoms with Crippen molar-refractivity contribution in [3.05, 3.63) is 45.9 Å². The molecule has 1 fully saturated rings. The summed E-state index contributed by atoms with van der Waals surface area (Å²) in [5.41, 5.74) is 0.121. The summed E-state index contributed by atoms with van der Waals surface area (Å²) in [6.07, 6.45) is 3.77. The second-order valence-corrected chi connectivity index (χ2v) is 6.47. The van der Waals surface area contributed by atoms with Crippen molar-refractivity contribution in [1.82, 2.24) is 20.0 Å². The number of aromatic nitrogens is 4. The number of rotatable bonds is 5. The third-order valence-corrected chi connectivity index (χ3v) is 4.55. The molecule has 1 aliphatic carbocycles. The fourth-order valence-electron chi connectivity index (χ4n) is 2.19. The molecule has 0 aromatic carbocycles. The van der Waals surface area contributed by atoms with Gasteiger partial charge in [0.05, 0.1) is 6.26 Å². The lowest BCUT2D eigenvalue weighted by molar-refractivity contribution is -0.117. The SMILES string of the molecule is O=C(Cn1nc(-c2ccco2)ccc1=O)Nc1nnc(C2CC2)s1. The monoisotopic (exact) mass is 343 g/mol. The lowest BCUT2D eigenvalue weighted by Gasteiger charge is -2.05. The van der Waals surface area contributed by atoms with Crippen LogP contribution in [0.4, 0.5) is 5.13 Å². The van der Waals surface area contributed by atoms with Gasteiger partial charge in [-0.05, 0) is 31.0 Å². The van der Waals surface area contributed by atoms with Crippen molar-refractivity contribution in [1.29, 1.82) is 0 Å².